The maximum Gasteiger partial charge on any atom is 0.193 e. The Kier molecular flexibility index (Phi) is 5.48. The molecule has 6 heteroatoms. The highest BCUT2D eigenvalue weighted by molar-refractivity contribution is 5.79. The highest BCUT2D eigenvalue weighted by Crippen LogP contribution is 2.30. The van der Waals surface area contributed by atoms with Gasteiger partial charge in [0.1, 0.15) is 13.2 Å². The third kappa shape index (κ3) is 4.26. The Morgan fingerprint density at radius 1 is 1.24 bits per heavy atom. The van der Waals surface area contributed by atoms with E-state index in [2.05, 4.69) is 57.3 Å². The van der Waals surface area contributed by atoms with Gasteiger partial charge in [0.2, 0.25) is 0 Å². The van der Waals surface area contributed by atoms with Crippen LogP contribution in [0, 0.1) is 0 Å². The molecule has 1 aromatic heterocycles. The second-order valence-corrected chi connectivity index (χ2v) is 6.17. The molecule has 2 heterocycles. The zero-order valence-corrected chi connectivity index (χ0v) is 15.2. The Bertz CT molecular complexity index is 739. The van der Waals surface area contributed by atoms with E-state index in [4.69, 9.17) is 9.47 Å². The summed E-state index contributed by atoms with van der Waals surface area (Å²) in [4.78, 5) is 6.50. The van der Waals surface area contributed by atoms with E-state index >= 15 is 0 Å². The van der Waals surface area contributed by atoms with Crippen LogP contribution in [0.15, 0.2) is 41.5 Å². The van der Waals surface area contributed by atoms with Gasteiger partial charge >= 0.3 is 0 Å². The zero-order valence-electron chi connectivity index (χ0n) is 15.2. The number of benzene rings is 1. The van der Waals surface area contributed by atoms with Crippen LogP contribution in [0.1, 0.15) is 11.3 Å². The lowest BCUT2D eigenvalue weighted by atomic mass is 10.1. The van der Waals surface area contributed by atoms with Crippen LogP contribution < -0.4 is 14.8 Å². The largest absolute Gasteiger partial charge is 0.486 e. The molecule has 0 radical (unpaired) electrons. The van der Waals surface area contributed by atoms with Gasteiger partial charge < -0.3 is 24.3 Å². The summed E-state index contributed by atoms with van der Waals surface area (Å²) in [6.45, 7) is 2.86. The summed E-state index contributed by atoms with van der Waals surface area (Å²) < 4.78 is 13.3. The van der Waals surface area contributed by atoms with Crippen LogP contribution in [0.3, 0.4) is 0 Å². The molecule has 0 bridgehead atoms. The predicted octanol–water partition coefficient (Wildman–Crippen LogP) is 2.05. The Hall–Kier alpha value is -2.63. The van der Waals surface area contributed by atoms with Crippen molar-refractivity contribution in [3.63, 3.8) is 0 Å². The Labute approximate surface area is 149 Å². The molecule has 6 nitrogen and oxygen atoms in total. The molecule has 134 valence electrons. The molecule has 0 fully saturated rings. The van der Waals surface area contributed by atoms with E-state index in [9.17, 15) is 0 Å². The van der Waals surface area contributed by atoms with Crippen molar-refractivity contribution in [2.45, 2.75) is 13.0 Å². The number of rotatable bonds is 5. The van der Waals surface area contributed by atoms with Crippen molar-refractivity contribution in [3.8, 4) is 11.5 Å². The van der Waals surface area contributed by atoms with Crippen molar-refractivity contribution in [1.82, 2.24) is 14.8 Å². The number of nitrogens with one attached hydrogen (secondary N) is 1. The van der Waals surface area contributed by atoms with E-state index in [0.29, 0.717) is 13.2 Å². The van der Waals surface area contributed by atoms with Crippen LogP contribution in [0.25, 0.3) is 0 Å². The average Bonchev–Trinajstić information content (AvgIpc) is 3.03. The van der Waals surface area contributed by atoms with Gasteiger partial charge in [0.05, 0.1) is 6.54 Å². The smallest absolute Gasteiger partial charge is 0.193 e. The molecular formula is C19H26N4O2. The van der Waals surface area contributed by atoms with Gasteiger partial charge in [-0.15, -0.1) is 0 Å². The Balaban J connectivity index is 1.52. The van der Waals surface area contributed by atoms with Gasteiger partial charge in [-0.2, -0.15) is 0 Å². The molecule has 0 amide bonds. The first-order chi connectivity index (χ1) is 12.2. The third-order valence-electron chi connectivity index (χ3n) is 4.33. The minimum absolute atomic E-state index is 0.616. The van der Waals surface area contributed by atoms with Crippen LogP contribution in [-0.2, 0) is 20.0 Å². The number of fused-ring (bicyclic) bond motifs is 1. The monoisotopic (exact) mass is 342 g/mol. The Morgan fingerprint density at radius 3 is 2.76 bits per heavy atom. The number of nitrogens with zero attached hydrogens (tertiary/aromatic N) is 3. The van der Waals surface area contributed by atoms with Crippen molar-refractivity contribution < 1.29 is 9.47 Å². The van der Waals surface area contributed by atoms with Gasteiger partial charge in [-0.3, -0.25) is 4.99 Å². The number of aromatic nitrogens is 1. The maximum absolute atomic E-state index is 5.64. The van der Waals surface area contributed by atoms with Crippen molar-refractivity contribution in [3.05, 3.63) is 47.8 Å². The summed E-state index contributed by atoms with van der Waals surface area (Å²) in [5, 5.41) is 3.42. The van der Waals surface area contributed by atoms with Crippen LogP contribution in [-0.4, -0.2) is 49.3 Å². The molecule has 2 aromatic rings. The average molecular weight is 342 g/mol. The highest BCUT2D eigenvalue weighted by atomic mass is 16.6. The molecule has 0 saturated carbocycles. The molecule has 0 aliphatic carbocycles. The second kappa shape index (κ2) is 7.96. The van der Waals surface area contributed by atoms with E-state index in [1.165, 1.54) is 11.3 Å². The predicted molar refractivity (Wildman–Crippen MR) is 99.4 cm³/mol. The molecule has 1 aromatic carbocycles. The first kappa shape index (κ1) is 17.2. The number of aliphatic imine (C=N–C) groups is 1. The van der Waals surface area contributed by atoms with E-state index < -0.39 is 0 Å². The third-order valence-corrected chi connectivity index (χ3v) is 4.33. The van der Waals surface area contributed by atoms with E-state index in [1.54, 1.807) is 0 Å². The molecule has 25 heavy (non-hydrogen) atoms. The van der Waals surface area contributed by atoms with Gasteiger partial charge in [0, 0.05) is 39.6 Å². The number of aryl methyl sites for hydroxylation is 1. The fraction of sp³-hybridized carbons (Fsp3) is 0.421. The number of guanidine groups is 1. The molecular weight excluding hydrogens is 316 g/mol. The molecule has 1 N–H and O–H groups in total. The van der Waals surface area contributed by atoms with Gasteiger partial charge in [-0.25, -0.2) is 0 Å². The lowest BCUT2D eigenvalue weighted by Gasteiger charge is -2.22. The molecule has 1 aliphatic heterocycles. The summed E-state index contributed by atoms with van der Waals surface area (Å²) in [5.74, 6) is 2.56. The molecule has 0 atom stereocenters. The van der Waals surface area contributed by atoms with Crippen LogP contribution >= 0.6 is 0 Å². The fourth-order valence-electron chi connectivity index (χ4n) is 2.93. The molecule has 3 rings (SSSR count). The first-order valence-corrected chi connectivity index (χ1v) is 8.58. The summed E-state index contributed by atoms with van der Waals surface area (Å²) in [5.41, 5.74) is 2.47. The molecule has 0 saturated heterocycles. The summed E-state index contributed by atoms with van der Waals surface area (Å²) in [6.07, 6.45) is 2.95. The summed E-state index contributed by atoms with van der Waals surface area (Å²) in [7, 11) is 5.92. The van der Waals surface area contributed by atoms with Crippen LogP contribution in [0.5, 0.6) is 11.5 Å². The van der Waals surface area contributed by atoms with Gasteiger partial charge in [-0.1, -0.05) is 6.07 Å². The van der Waals surface area contributed by atoms with Crippen molar-refractivity contribution in [1.29, 1.82) is 0 Å². The topological polar surface area (TPSA) is 51.0 Å². The maximum atomic E-state index is 5.64. The SMILES string of the molecule is CN=C(NCCc1ccc2c(c1)OCCO2)N(C)Cc1cccn1C. The lowest BCUT2D eigenvalue weighted by molar-refractivity contribution is 0.171. The molecule has 0 spiro atoms. The summed E-state index contributed by atoms with van der Waals surface area (Å²) in [6, 6.07) is 10.3. The number of hydrogen-bond donors (Lipinski definition) is 1. The van der Waals surface area contributed by atoms with Gasteiger partial charge in [-0.05, 0) is 36.2 Å². The molecule has 1 aliphatic rings. The van der Waals surface area contributed by atoms with Crippen molar-refractivity contribution in [2.75, 3.05) is 33.9 Å². The van der Waals surface area contributed by atoms with Crippen LogP contribution in [0.4, 0.5) is 0 Å². The minimum Gasteiger partial charge on any atom is -0.486 e. The van der Waals surface area contributed by atoms with Crippen LogP contribution in [0.2, 0.25) is 0 Å². The number of ether oxygens (including phenoxy) is 2. The highest BCUT2D eigenvalue weighted by Gasteiger charge is 2.12. The summed E-state index contributed by atoms with van der Waals surface area (Å²) >= 11 is 0. The second-order valence-electron chi connectivity index (χ2n) is 6.17. The number of hydrogen-bond acceptors (Lipinski definition) is 3. The van der Waals surface area contributed by atoms with E-state index in [0.717, 1.165) is 37.0 Å². The van der Waals surface area contributed by atoms with Crippen molar-refractivity contribution >= 4 is 5.96 Å². The van der Waals surface area contributed by atoms with E-state index in [1.807, 2.05) is 20.2 Å². The van der Waals surface area contributed by atoms with Gasteiger partial charge in [0.15, 0.2) is 17.5 Å². The van der Waals surface area contributed by atoms with Crippen molar-refractivity contribution in [2.24, 2.45) is 12.0 Å². The minimum atomic E-state index is 0.616. The van der Waals surface area contributed by atoms with Gasteiger partial charge in [0.25, 0.3) is 0 Å². The quantitative estimate of drug-likeness (QED) is 0.667. The Morgan fingerprint density at radius 2 is 2.04 bits per heavy atom. The normalized spacial score (nSPS) is 13.6. The lowest BCUT2D eigenvalue weighted by Crippen LogP contribution is -2.39. The fourth-order valence-corrected chi connectivity index (χ4v) is 2.93. The zero-order chi connectivity index (χ0) is 17.6. The first-order valence-electron chi connectivity index (χ1n) is 8.58. The standard InChI is InChI=1S/C19H26N4O2/c1-20-19(23(3)14-16-5-4-10-22(16)2)21-9-8-15-6-7-17-18(13-15)25-12-11-24-17/h4-7,10,13H,8-9,11-12,14H2,1-3H3,(H,20,21). The molecule has 0 unspecified atom stereocenters. The van der Waals surface area contributed by atoms with E-state index in [-0.39, 0.29) is 0 Å².